The van der Waals surface area contributed by atoms with E-state index in [0.29, 0.717) is 0 Å². The monoisotopic (exact) mass is 196 g/mol. The summed E-state index contributed by atoms with van der Waals surface area (Å²) in [4.78, 5) is 2.45. The van der Waals surface area contributed by atoms with Gasteiger partial charge in [0.1, 0.15) is 0 Å². The van der Waals surface area contributed by atoms with Crippen molar-refractivity contribution in [1.29, 1.82) is 0 Å². The minimum atomic E-state index is 0.876. The van der Waals surface area contributed by atoms with Crippen LogP contribution in [0.15, 0.2) is 0 Å². The van der Waals surface area contributed by atoms with E-state index in [1.807, 2.05) is 0 Å². The van der Waals surface area contributed by atoms with Gasteiger partial charge >= 0.3 is 0 Å². The summed E-state index contributed by atoms with van der Waals surface area (Å²) in [6.07, 6.45) is 8.54. The standard InChI is InChI=1S/C12H24N2/c1-14-9-6-11(7-10-14)5-8-13-12-3-2-4-12/h11-13H,2-10H2,1H3. The van der Waals surface area contributed by atoms with Crippen LogP contribution in [-0.2, 0) is 0 Å². The zero-order chi connectivity index (χ0) is 9.80. The van der Waals surface area contributed by atoms with E-state index in [1.54, 1.807) is 0 Å². The molecule has 1 saturated carbocycles. The van der Waals surface area contributed by atoms with Gasteiger partial charge in [-0.05, 0) is 64.7 Å². The van der Waals surface area contributed by atoms with Crippen LogP contribution in [0.2, 0.25) is 0 Å². The van der Waals surface area contributed by atoms with Crippen LogP contribution >= 0.6 is 0 Å². The molecule has 2 nitrogen and oxygen atoms in total. The lowest BCUT2D eigenvalue weighted by Crippen LogP contribution is -2.37. The molecule has 2 fully saturated rings. The molecule has 1 N–H and O–H groups in total. The molecule has 1 aliphatic heterocycles. The molecule has 0 amide bonds. The van der Waals surface area contributed by atoms with Gasteiger partial charge in [-0.1, -0.05) is 6.42 Å². The molecular formula is C12H24N2. The SMILES string of the molecule is CN1CCC(CCNC2CCC2)CC1. The van der Waals surface area contributed by atoms with E-state index in [1.165, 1.54) is 58.2 Å². The molecule has 0 unspecified atom stereocenters. The summed E-state index contributed by atoms with van der Waals surface area (Å²) in [5.41, 5.74) is 0. The van der Waals surface area contributed by atoms with Gasteiger partial charge in [-0.25, -0.2) is 0 Å². The van der Waals surface area contributed by atoms with E-state index in [0.717, 1.165) is 12.0 Å². The summed E-state index contributed by atoms with van der Waals surface area (Å²) in [6.45, 7) is 3.89. The predicted octanol–water partition coefficient (Wildman–Crippen LogP) is 1.86. The Morgan fingerprint density at radius 1 is 1.14 bits per heavy atom. The van der Waals surface area contributed by atoms with Gasteiger partial charge in [0.2, 0.25) is 0 Å². The molecule has 1 saturated heterocycles. The number of rotatable bonds is 4. The quantitative estimate of drug-likeness (QED) is 0.738. The number of nitrogens with one attached hydrogen (secondary N) is 1. The van der Waals surface area contributed by atoms with E-state index in [4.69, 9.17) is 0 Å². The lowest BCUT2D eigenvalue weighted by atomic mass is 9.91. The highest BCUT2D eigenvalue weighted by Gasteiger charge is 2.19. The summed E-state index contributed by atoms with van der Waals surface area (Å²) >= 11 is 0. The third kappa shape index (κ3) is 2.96. The van der Waals surface area contributed by atoms with Crippen LogP contribution in [0.5, 0.6) is 0 Å². The Morgan fingerprint density at radius 3 is 2.43 bits per heavy atom. The lowest BCUT2D eigenvalue weighted by Gasteiger charge is -2.31. The second-order valence-electron chi connectivity index (χ2n) is 5.12. The van der Waals surface area contributed by atoms with Crippen LogP contribution in [0.1, 0.15) is 38.5 Å². The Kier molecular flexibility index (Phi) is 3.82. The summed E-state index contributed by atoms with van der Waals surface area (Å²) in [5, 5.41) is 3.66. The van der Waals surface area contributed by atoms with Gasteiger partial charge < -0.3 is 10.2 Å². The molecule has 0 atom stereocenters. The first-order valence-electron chi connectivity index (χ1n) is 6.26. The first-order chi connectivity index (χ1) is 6.84. The third-order valence-electron chi connectivity index (χ3n) is 3.93. The Hall–Kier alpha value is -0.0800. The largest absolute Gasteiger partial charge is 0.314 e. The Labute approximate surface area is 88.1 Å². The maximum absolute atomic E-state index is 3.66. The molecule has 0 spiro atoms. The molecule has 0 radical (unpaired) electrons. The number of nitrogens with zero attached hydrogens (tertiary/aromatic N) is 1. The first-order valence-corrected chi connectivity index (χ1v) is 6.26. The summed E-state index contributed by atoms with van der Waals surface area (Å²) in [7, 11) is 2.24. The second kappa shape index (κ2) is 5.13. The van der Waals surface area contributed by atoms with Gasteiger partial charge in [0.05, 0.1) is 0 Å². The van der Waals surface area contributed by atoms with E-state index < -0.39 is 0 Å². The molecule has 0 aromatic heterocycles. The van der Waals surface area contributed by atoms with Crippen LogP contribution in [0.3, 0.4) is 0 Å². The fourth-order valence-corrected chi connectivity index (χ4v) is 2.45. The molecule has 14 heavy (non-hydrogen) atoms. The normalized spacial score (nSPS) is 26.4. The lowest BCUT2D eigenvalue weighted by molar-refractivity contribution is 0.207. The van der Waals surface area contributed by atoms with Gasteiger partial charge in [0.15, 0.2) is 0 Å². The van der Waals surface area contributed by atoms with Crippen LogP contribution < -0.4 is 5.32 Å². The number of piperidine rings is 1. The summed E-state index contributed by atoms with van der Waals surface area (Å²) < 4.78 is 0. The Balaban J connectivity index is 1.52. The van der Waals surface area contributed by atoms with Crippen molar-refractivity contribution in [2.45, 2.75) is 44.6 Å². The van der Waals surface area contributed by atoms with Crippen LogP contribution in [-0.4, -0.2) is 37.6 Å². The van der Waals surface area contributed by atoms with Gasteiger partial charge in [0.25, 0.3) is 0 Å². The molecule has 0 aromatic rings. The molecule has 1 heterocycles. The van der Waals surface area contributed by atoms with Crippen LogP contribution in [0.4, 0.5) is 0 Å². The molecule has 2 aliphatic rings. The highest BCUT2D eigenvalue weighted by atomic mass is 15.1. The topological polar surface area (TPSA) is 15.3 Å². The fourth-order valence-electron chi connectivity index (χ4n) is 2.45. The van der Waals surface area contributed by atoms with Crippen molar-refractivity contribution in [2.24, 2.45) is 5.92 Å². The van der Waals surface area contributed by atoms with Crippen LogP contribution in [0.25, 0.3) is 0 Å². The van der Waals surface area contributed by atoms with Crippen molar-refractivity contribution in [3.63, 3.8) is 0 Å². The highest BCUT2D eigenvalue weighted by Crippen LogP contribution is 2.21. The van der Waals surface area contributed by atoms with E-state index >= 15 is 0 Å². The third-order valence-corrected chi connectivity index (χ3v) is 3.93. The second-order valence-corrected chi connectivity index (χ2v) is 5.12. The van der Waals surface area contributed by atoms with E-state index in [9.17, 15) is 0 Å². The van der Waals surface area contributed by atoms with Crippen molar-refractivity contribution in [2.75, 3.05) is 26.7 Å². The van der Waals surface area contributed by atoms with Crippen molar-refractivity contribution >= 4 is 0 Å². The maximum atomic E-state index is 3.66. The minimum Gasteiger partial charge on any atom is -0.314 e. The minimum absolute atomic E-state index is 0.876. The zero-order valence-electron chi connectivity index (χ0n) is 9.47. The molecule has 0 bridgehead atoms. The van der Waals surface area contributed by atoms with Gasteiger partial charge in [-0.2, -0.15) is 0 Å². The molecule has 2 heteroatoms. The van der Waals surface area contributed by atoms with Gasteiger partial charge in [-0.15, -0.1) is 0 Å². The highest BCUT2D eigenvalue weighted by molar-refractivity contribution is 4.77. The van der Waals surface area contributed by atoms with Gasteiger partial charge in [-0.3, -0.25) is 0 Å². The molecule has 2 rings (SSSR count). The Morgan fingerprint density at radius 2 is 1.86 bits per heavy atom. The summed E-state index contributed by atoms with van der Waals surface area (Å²) in [6, 6.07) is 0.876. The predicted molar refractivity (Wildman–Crippen MR) is 60.5 cm³/mol. The number of hydrogen-bond acceptors (Lipinski definition) is 2. The van der Waals surface area contributed by atoms with Crippen molar-refractivity contribution in [3.05, 3.63) is 0 Å². The van der Waals surface area contributed by atoms with Crippen LogP contribution in [0, 0.1) is 5.92 Å². The molecular weight excluding hydrogens is 172 g/mol. The van der Waals surface area contributed by atoms with Crippen molar-refractivity contribution < 1.29 is 0 Å². The maximum Gasteiger partial charge on any atom is 0.00670 e. The number of hydrogen-bond donors (Lipinski definition) is 1. The zero-order valence-corrected chi connectivity index (χ0v) is 9.47. The van der Waals surface area contributed by atoms with E-state index in [2.05, 4.69) is 17.3 Å². The van der Waals surface area contributed by atoms with Crippen molar-refractivity contribution in [1.82, 2.24) is 10.2 Å². The van der Waals surface area contributed by atoms with Crippen molar-refractivity contribution in [3.8, 4) is 0 Å². The molecule has 0 aromatic carbocycles. The average molecular weight is 196 g/mol. The smallest absolute Gasteiger partial charge is 0.00670 e. The van der Waals surface area contributed by atoms with Gasteiger partial charge in [0, 0.05) is 6.04 Å². The average Bonchev–Trinajstić information content (AvgIpc) is 2.12. The Bertz CT molecular complexity index is 158. The van der Waals surface area contributed by atoms with E-state index in [-0.39, 0.29) is 0 Å². The fraction of sp³-hybridized carbons (Fsp3) is 1.00. The molecule has 1 aliphatic carbocycles. The number of likely N-dealkylation sites (tertiary alicyclic amines) is 1. The molecule has 82 valence electrons. The first kappa shape index (κ1) is 10.4. The summed E-state index contributed by atoms with van der Waals surface area (Å²) in [5.74, 6) is 0.999.